The summed E-state index contributed by atoms with van der Waals surface area (Å²) in [5.74, 6) is 0. The van der Waals surface area contributed by atoms with Crippen LogP contribution >= 0.6 is 27.5 Å². The molecule has 0 fully saturated rings. The Morgan fingerprint density at radius 2 is 1.75 bits per heavy atom. The summed E-state index contributed by atoms with van der Waals surface area (Å²) < 4.78 is 1.14. The fraction of sp³-hybridized carbons (Fsp3) is 0.294. The van der Waals surface area contributed by atoms with Gasteiger partial charge in [0.05, 0.1) is 6.04 Å². The first-order valence-corrected chi connectivity index (χ1v) is 7.81. The van der Waals surface area contributed by atoms with Crippen LogP contribution in [0.5, 0.6) is 0 Å². The average molecular weight is 353 g/mol. The number of nitrogens with one attached hydrogen (secondary N) is 1. The number of hydrogen-bond donors (Lipinski definition) is 1. The Morgan fingerprint density at radius 1 is 1.05 bits per heavy atom. The zero-order valence-corrected chi connectivity index (χ0v) is 14.6. The minimum atomic E-state index is 0.170. The van der Waals surface area contributed by atoms with Crippen molar-refractivity contribution in [3.05, 3.63) is 67.6 Å². The van der Waals surface area contributed by atoms with Crippen molar-refractivity contribution in [1.29, 1.82) is 0 Å². The van der Waals surface area contributed by atoms with Crippen LogP contribution in [0.2, 0.25) is 5.02 Å². The third kappa shape index (κ3) is 2.93. The fourth-order valence-electron chi connectivity index (χ4n) is 2.53. The molecular formula is C17H19BrClN. The lowest BCUT2D eigenvalue weighted by molar-refractivity contribution is 0.682. The molecule has 20 heavy (non-hydrogen) atoms. The summed E-state index contributed by atoms with van der Waals surface area (Å²) in [5, 5.41) is 4.25. The first kappa shape index (κ1) is 15.6. The van der Waals surface area contributed by atoms with E-state index in [1.807, 2.05) is 20.0 Å². The van der Waals surface area contributed by atoms with E-state index in [0.29, 0.717) is 0 Å². The first-order chi connectivity index (χ1) is 9.45. The minimum absolute atomic E-state index is 0.170. The second kappa shape index (κ2) is 6.30. The van der Waals surface area contributed by atoms with E-state index in [9.17, 15) is 0 Å². The van der Waals surface area contributed by atoms with Crippen LogP contribution in [-0.4, -0.2) is 7.05 Å². The SMILES string of the molecule is CNC(c1cc(C)c(Cl)cc1C)c1cccc(Br)c1C. The molecule has 1 atom stereocenters. The van der Waals surface area contributed by atoms with Crippen molar-refractivity contribution in [3.8, 4) is 0 Å². The lowest BCUT2D eigenvalue weighted by Gasteiger charge is -2.23. The number of halogens is 2. The van der Waals surface area contributed by atoms with Crippen LogP contribution in [-0.2, 0) is 0 Å². The molecule has 0 aliphatic carbocycles. The van der Waals surface area contributed by atoms with Crippen molar-refractivity contribution in [3.63, 3.8) is 0 Å². The van der Waals surface area contributed by atoms with E-state index in [0.717, 1.165) is 15.1 Å². The summed E-state index contributed by atoms with van der Waals surface area (Å²) >= 11 is 9.82. The summed E-state index contributed by atoms with van der Waals surface area (Å²) in [6.45, 7) is 6.30. The number of rotatable bonds is 3. The molecule has 0 saturated heterocycles. The largest absolute Gasteiger partial charge is 0.309 e. The van der Waals surface area contributed by atoms with E-state index in [1.165, 1.54) is 22.3 Å². The van der Waals surface area contributed by atoms with Crippen LogP contribution in [0.15, 0.2) is 34.8 Å². The Morgan fingerprint density at radius 3 is 2.40 bits per heavy atom. The highest BCUT2D eigenvalue weighted by molar-refractivity contribution is 9.10. The molecule has 1 unspecified atom stereocenters. The van der Waals surface area contributed by atoms with Crippen LogP contribution in [0.3, 0.4) is 0 Å². The second-order valence-corrected chi connectivity index (χ2v) is 6.40. The molecule has 0 radical (unpaired) electrons. The first-order valence-electron chi connectivity index (χ1n) is 6.64. The molecule has 106 valence electrons. The standard InChI is InChI=1S/C17H19BrClN/c1-10-9-16(19)11(2)8-14(10)17(20-4)13-6-5-7-15(18)12(13)3/h5-9,17,20H,1-4H3. The van der Waals surface area contributed by atoms with Gasteiger partial charge in [-0.15, -0.1) is 0 Å². The van der Waals surface area contributed by atoms with Gasteiger partial charge in [0.15, 0.2) is 0 Å². The van der Waals surface area contributed by atoms with Crippen molar-refractivity contribution in [2.24, 2.45) is 0 Å². The molecule has 0 saturated carbocycles. The normalized spacial score (nSPS) is 12.5. The number of benzene rings is 2. The topological polar surface area (TPSA) is 12.0 Å². The van der Waals surface area contributed by atoms with Crippen molar-refractivity contribution >= 4 is 27.5 Å². The van der Waals surface area contributed by atoms with Crippen LogP contribution < -0.4 is 5.32 Å². The van der Waals surface area contributed by atoms with Crippen molar-refractivity contribution in [1.82, 2.24) is 5.32 Å². The number of aryl methyl sites for hydroxylation is 2. The maximum atomic E-state index is 6.21. The van der Waals surface area contributed by atoms with Crippen LogP contribution in [0, 0.1) is 20.8 Å². The minimum Gasteiger partial charge on any atom is -0.309 e. The maximum absolute atomic E-state index is 6.21. The Hall–Kier alpha value is -0.830. The maximum Gasteiger partial charge on any atom is 0.0580 e. The van der Waals surface area contributed by atoms with Crippen LogP contribution in [0.25, 0.3) is 0 Å². The van der Waals surface area contributed by atoms with Gasteiger partial charge in [0, 0.05) is 9.50 Å². The predicted octanol–water partition coefficient (Wildman–Crippen LogP) is 5.34. The second-order valence-electron chi connectivity index (χ2n) is 5.13. The molecule has 2 aromatic carbocycles. The molecule has 2 rings (SSSR count). The molecule has 0 aliphatic rings. The highest BCUT2D eigenvalue weighted by Gasteiger charge is 2.18. The van der Waals surface area contributed by atoms with Gasteiger partial charge >= 0.3 is 0 Å². The highest BCUT2D eigenvalue weighted by Crippen LogP contribution is 2.32. The Kier molecular flexibility index (Phi) is 4.90. The Bertz CT molecular complexity index is 637. The summed E-state index contributed by atoms with van der Waals surface area (Å²) in [6.07, 6.45) is 0. The van der Waals surface area contributed by atoms with Crippen molar-refractivity contribution in [2.75, 3.05) is 7.05 Å². The van der Waals surface area contributed by atoms with E-state index < -0.39 is 0 Å². The zero-order valence-electron chi connectivity index (χ0n) is 12.2. The van der Waals surface area contributed by atoms with E-state index in [1.54, 1.807) is 0 Å². The quantitative estimate of drug-likeness (QED) is 0.786. The smallest absolute Gasteiger partial charge is 0.0580 e. The molecule has 1 N–H and O–H groups in total. The summed E-state index contributed by atoms with van der Waals surface area (Å²) in [4.78, 5) is 0. The monoisotopic (exact) mass is 351 g/mol. The van der Waals surface area contributed by atoms with Crippen LogP contribution in [0.1, 0.15) is 33.9 Å². The lowest BCUT2D eigenvalue weighted by Crippen LogP contribution is -2.20. The highest BCUT2D eigenvalue weighted by atomic mass is 79.9. The molecule has 0 amide bonds. The van der Waals surface area contributed by atoms with Gasteiger partial charge in [0.2, 0.25) is 0 Å². The molecule has 0 aromatic heterocycles. The molecule has 1 nitrogen and oxygen atoms in total. The number of hydrogen-bond acceptors (Lipinski definition) is 1. The zero-order chi connectivity index (χ0) is 14.9. The fourth-order valence-corrected chi connectivity index (χ4v) is 3.13. The van der Waals surface area contributed by atoms with Crippen molar-refractivity contribution < 1.29 is 0 Å². The molecular weight excluding hydrogens is 334 g/mol. The third-order valence-electron chi connectivity index (χ3n) is 3.77. The molecule has 0 spiro atoms. The van der Waals surface area contributed by atoms with E-state index in [4.69, 9.17) is 11.6 Å². The van der Waals surface area contributed by atoms with E-state index >= 15 is 0 Å². The van der Waals surface area contributed by atoms with Gasteiger partial charge in [0.1, 0.15) is 0 Å². The molecule has 0 aliphatic heterocycles. The van der Waals surface area contributed by atoms with Crippen LogP contribution in [0.4, 0.5) is 0 Å². The van der Waals surface area contributed by atoms with Gasteiger partial charge in [-0.25, -0.2) is 0 Å². The van der Waals surface area contributed by atoms with Gasteiger partial charge in [-0.05, 0) is 67.8 Å². The van der Waals surface area contributed by atoms with E-state index in [2.05, 4.69) is 59.4 Å². The summed E-state index contributed by atoms with van der Waals surface area (Å²) in [5.41, 5.74) is 6.14. The molecule has 2 aromatic rings. The average Bonchev–Trinajstić information content (AvgIpc) is 2.41. The summed E-state index contributed by atoms with van der Waals surface area (Å²) in [6, 6.07) is 10.7. The Balaban J connectivity index is 2.58. The van der Waals surface area contributed by atoms with E-state index in [-0.39, 0.29) is 6.04 Å². The van der Waals surface area contributed by atoms with Crippen molar-refractivity contribution in [2.45, 2.75) is 26.8 Å². The third-order valence-corrected chi connectivity index (χ3v) is 5.03. The predicted molar refractivity (Wildman–Crippen MR) is 90.7 cm³/mol. The van der Waals surface area contributed by atoms with Gasteiger partial charge in [-0.2, -0.15) is 0 Å². The lowest BCUT2D eigenvalue weighted by atomic mass is 9.91. The Labute approximate surface area is 134 Å². The van der Waals surface area contributed by atoms with Gasteiger partial charge in [-0.1, -0.05) is 45.7 Å². The molecule has 0 bridgehead atoms. The molecule has 0 heterocycles. The summed E-state index contributed by atoms with van der Waals surface area (Å²) in [7, 11) is 1.99. The van der Waals surface area contributed by atoms with Gasteiger partial charge in [-0.3, -0.25) is 0 Å². The molecule has 3 heteroatoms. The van der Waals surface area contributed by atoms with Gasteiger partial charge in [0.25, 0.3) is 0 Å². The van der Waals surface area contributed by atoms with Gasteiger partial charge < -0.3 is 5.32 Å².